The van der Waals surface area contributed by atoms with Crippen molar-refractivity contribution in [1.29, 1.82) is 0 Å². The normalized spacial score (nSPS) is 12.6. The molecule has 0 radical (unpaired) electrons. The molecular weight excluding hydrogens is 419 g/mol. The van der Waals surface area contributed by atoms with Gasteiger partial charge in [-0.15, -0.1) is 0 Å². The van der Waals surface area contributed by atoms with Crippen molar-refractivity contribution in [1.82, 2.24) is 0 Å². The zero-order chi connectivity index (χ0) is 20.7. The van der Waals surface area contributed by atoms with E-state index in [0.29, 0.717) is 30.6 Å². The lowest BCUT2D eigenvalue weighted by Crippen LogP contribution is -2.07. The van der Waals surface area contributed by atoms with Gasteiger partial charge in [0.25, 0.3) is 0 Å². The predicted molar refractivity (Wildman–Crippen MR) is 114 cm³/mol. The molecule has 2 aromatic rings. The van der Waals surface area contributed by atoms with Crippen molar-refractivity contribution in [2.45, 2.75) is 49.8 Å². The highest BCUT2D eigenvalue weighted by Gasteiger charge is 2.21. The summed E-state index contributed by atoms with van der Waals surface area (Å²) in [7, 11) is -3.76. The summed E-state index contributed by atoms with van der Waals surface area (Å²) in [6.45, 7) is 7.30. The van der Waals surface area contributed by atoms with E-state index in [-0.39, 0.29) is 19.8 Å². The largest absolute Gasteiger partial charge is 0.493 e. The quantitative estimate of drug-likeness (QED) is 0.396. The van der Waals surface area contributed by atoms with Gasteiger partial charge in [0.1, 0.15) is 5.75 Å². The van der Waals surface area contributed by atoms with E-state index in [2.05, 4.69) is 13.8 Å². The van der Waals surface area contributed by atoms with E-state index < -0.39 is 9.84 Å². The number of sulfone groups is 1. The first-order chi connectivity index (χ1) is 13.3. The third-order valence-electron chi connectivity index (χ3n) is 4.39. The Labute approximate surface area is 177 Å². The third-order valence-corrected chi connectivity index (χ3v) is 6.70. The maximum Gasteiger partial charge on any atom is 0.206 e. The summed E-state index contributed by atoms with van der Waals surface area (Å²) in [5, 5.41) is 0.353. The van der Waals surface area contributed by atoms with Gasteiger partial charge in [-0.3, -0.25) is 0 Å². The van der Waals surface area contributed by atoms with Crippen LogP contribution in [0.1, 0.15) is 40.0 Å². The molecule has 0 amide bonds. The molecule has 0 heterocycles. The van der Waals surface area contributed by atoms with Crippen molar-refractivity contribution in [3.05, 3.63) is 46.4 Å². The minimum atomic E-state index is -3.76. The fourth-order valence-electron chi connectivity index (χ4n) is 2.36. The van der Waals surface area contributed by atoms with Crippen LogP contribution in [0.2, 0.25) is 10.0 Å². The Hall–Kier alpha value is -1.43. The van der Waals surface area contributed by atoms with Gasteiger partial charge in [0.15, 0.2) is 5.75 Å². The maximum absolute atomic E-state index is 12.9. The first-order valence-electron chi connectivity index (χ1n) is 9.39. The summed E-state index contributed by atoms with van der Waals surface area (Å²) in [5.74, 6) is 1.38. The van der Waals surface area contributed by atoms with E-state index in [1.807, 2.05) is 6.92 Å². The summed E-state index contributed by atoms with van der Waals surface area (Å²) in [6.07, 6.45) is 2.85. The van der Waals surface area contributed by atoms with Crippen molar-refractivity contribution in [3.63, 3.8) is 0 Å². The van der Waals surface area contributed by atoms with Crippen molar-refractivity contribution in [2.24, 2.45) is 5.92 Å². The van der Waals surface area contributed by atoms with Crippen molar-refractivity contribution in [3.8, 4) is 11.5 Å². The maximum atomic E-state index is 12.9. The summed E-state index contributed by atoms with van der Waals surface area (Å²) in [5.41, 5.74) is 0. The molecule has 0 saturated carbocycles. The minimum absolute atomic E-state index is 0.0265. The SMILES string of the molecule is CCCCOc1c(Cl)cc(S(=O)(=O)c2ccc(OC[C@H](C)CC)cc2)cc1Cl. The topological polar surface area (TPSA) is 52.6 Å². The fraction of sp³-hybridized carbons (Fsp3) is 0.429. The highest BCUT2D eigenvalue weighted by atomic mass is 35.5. The fourth-order valence-corrected chi connectivity index (χ4v) is 4.39. The summed E-state index contributed by atoms with van der Waals surface area (Å²) < 4.78 is 37.1. The van der Waals surface area contributed by atoms with Gasteiger partial charge in [0.05, 0.1) is 33.0 Å². The Kier molecular flexibility index (Phi) is 8.47. The van der Waals surface area contributed by atoms with E-state index in [4.69, 9.17) is 32.7 Å². The van der Waals surface area contributed by atoms with Crippen LogP contribution in [0, 0.1) is 5.92 Å². The number of unbranched alkanes of at least 4 members (excludes halogenated alkanes) is 1. The Balaban J connectivity index is 2.22. The number of hydrogen-bond acceptors (Lipinski definition) is 4. The highest BCUT2D eigenvalue weighted by Crippen LogP contribution is 2.37. The van der Waals surface area contributed by atoms with Gasteiger partial charge in [0, 0.05) is 0 Å². The van der Waals surface area contributed by atoms with Crippen molar-refractivity contribution >= 4 is 33.0 Å². The van der Waals surface area contributed by atoms with Gasteiger partial charge in [-0.1, -0.05) is 56.8 Å². The molecule has 0 aromatic heterocycles. The molecule has 28 heavy (non-hydrogen) atoms. The number of benzene rings is 2. The zero-order valence-corrected chi connectivity index (χ0v) is 18.7. The van der Waals surface area contributed by atoms with Gasteiger partial charge in [-0.25, -0.2) is 8.42 Å². The molecular formula is C21H26Cl2O4S. The standard InChI is InChI=1S/C21H26Cl2O4S/c1-4-6-11-26-21-19(22)12-18(13-20(21)23)28(24,25)17-9-7-16(8-10-17)27-14-15(3)5-2/h7-10,12-13,15H,4-6,11,14H2,1-3H3/t15-/m1/s1. The van der Waals surface area contributed by atoms with E-state index in [1.165, 1.54) is 24.3 Å². The summed E-state index contributed by atoms with van der Waals surface area (Å²) in [4.78, 5) is 0.175. The van der Waals surface area contributed by atoms with E-state index >= 15 is 0 Å². The lowest BCUT2D eigenvalue weighted by molar-refractivity contribution is 0.256. The molecule has 0 N–H and O–H groups in total. The molecule has 0 unspecified atom stereocenters. The monoisotopic (exact) mass is 444 g/mol. The molecule has 0 fully saturated rings. The first-order valence-corrected chi connectivity index (χ1v) is 11.6. The molecule has 1 atom stereocenters. The molecule has 0 aliphatic heterocycles. The Morgan fingerprint density at radius 2 is 1.57 bits per heavy atom. The molecule has 2 rings (SSSR count). The number of ether oxygens (including phenoxy) is 2. The Morgan fingerprint density at radius 3 is 2.11 bits per heavy atom. The molecule has 154 valence electrons. The van der Waals surface area contributed by atoms with Crippen LogP contribution in [0.4, 0.5) is 0 Å². The number of halogens is 2. The zero-order valence-electron chi connectivity index (χ0n) is 16.4. The summed E-state index contributed by atoms with van der Waals surface area (Å²) >= 11 is 12.4. The van der Waals surface area contributed by atoms with Crippen LogP contribution in [0.15, 0.2) is 46.2 Å². The van der Waals surface area contributed by atoms with Gasteiger partial charge < -0.3 is 9.47 Å². The van der Waals surface area contributed by atoms with Gasteiger partial charge in [0.2, 0.25) is 9.84 Å². The van der Waals surface area contributed by atoms with Gasteiger partial charge in [-0.2, -0.15) is 0 Å². The van der Waals surface area contributed by atoms with Crippen LogP contribution in [-0.2, 0) is 9.84 Å². The van der Waals surface area contributed by atoms with Crippen molar-refractivity contribution in [2.75, 3.05) is 13.2 Å². The minimum Gasteiger partial charge on any atom is -0.493 e. The third kappa shape index (κ3) is 5.79. The molecule has 0 spiro atoms. The Morgan fingerprint density at radius 1 is 0.964 bits per heavy atom. The van der Waals surface area contributed by atoms with Gasteiger partial charge >= 0.3 is 0 Å². The highest BCUT2D eigenvalue weighted by molar-refractivity contribution is 7.91. The first kappa shape index (κ1) is 22.9. The van der Waals surface area contributed by atoms with Crippen LogP contribution in [0.25, 0.3) is 0 Å². The second kappa shape index (κ2) is 10.4. The smallest absolute Gasteiger partial charge is 0.206 e. The molecule has 0 aliphatic carbocycles. The molecule has 2 aromatic carbocycles. The second-order valence-electron chi connectivity index (χ2n) is 6.72. The van der Waals surface area contributed by atoms with Crippen LogP contribution >= 0.6 is 23.2 Å². The van der Waals surface area contributed by atoms with Crippen molar-refractivity contribution < 1.29 is 17.9 Å². The average molecular weight is 445 g/mol. The Bertz CT molecular complexity index is 857. The average Bonchev–Trinajstić information content (AvgIpc) is 2.68. The van der Waals surface area contributed by atoms with Crippen LogP contribution in [-0.4, -0.2) is 21.6 Å². The number of rotatable bonds is 10. The van der Waals surface area contributed by atoms with Crippen LogP contribution < -0.4 is 9.47 Å². The molecule has 0 bridgehead atoms. The number of hydrogen-bond donors (Lipinski definition) is 0. The molecule has 0 saturated heterocycles. The summed E-state index contributed by atoms with van der Waals surface area (Å²) in [6, 6.07) is 9.10. The van der Waals surface area contributed by atoms with E-state index in [0.717, 1.165) is 19.3 Å². The lowest BCUT2D eigenvalue weighted by Gasteiger charge is -2.13. The molecule has 0 aliphatic rings. The van der Waals surface area contributed by atoms with E-state index in [9.17, 15) is 8.42 Å². The van der Waals surface area contributed by atoms with Gasteiger partial charge in [-0.05, 0) is 48.7 Å². The predicted octanol–water partition coefficient (Wildman–Crippen LogP) is 6.43. The molecule has 7 heteroatoms. The molecule has 4 nitrogen and oxygen atoms in total. The van der Waals surface area contributed by atoms with Crippen LogP contribution in [0.5, 0.6) is 11.5 Å². The van der Waals surface area contributed by atoms with Crippen LogP contribution in [0.3, 0.4) is 0 Å². The van der Waals surface area contributed by atoms with E-state index in [1.54, 1.807) is 12.1 Å². The second-order valence-corrected chi connectivity index (χ2v) is 9.48. The lowest BCUT2D eigenvalue weighted by atomic mass is 10.1.